The van der Waals surface area contributed by atoms with Crippen LogP contribution < -0.4 is 4.74 Å². The zero-order valence-electron chi connectivity index (χ0n) is 25.7. The van der Waals surface area contributed by atoms with Crippen molar-refractivity contribution in [2.45, 2.75) is 87.2 Å². The van der Waals surface area contributed by atoms with E-state index in [0.29, 0.717) is 29.9 Å². The molecular formula is C36H36O8S. The highest BCUT2D eigenvalue weighted by Crippen LogP contribution is 2.84. The number of esters is 1. The zero-order valence-corrected chi connectivity index (χ0v) is 26.6. The number of thioether (sulfide) groups is 1. The van der Waals surface area contributed by atoms with Gasteiger partial charge in [0.05, 0.1) is 17.6 Å². The van der Waals surface area contributed by atoms with Crippen molar-refractivity contribution >= 4 is 23.5 Å². The van der Waals surface area contributed by atoms with Crippen molar-refractivity contribution in [2.24, 2.45) is 11.3 Å². The molecule has 2 spiro atoms. The third-order valence-corrected chi connectivity index (χ3v) is 12.2. The van der Waals surface area contributed by atoms with Gasteiger partial charge in [-0.15, -0.1) is 11.8 Å². The Labute approximate surface area is 266 Å². The molecule has 0 unspecified atom stereocenters. The summed E-state index contributed by atoms with van der Waals surface area (Å²) in [6.07, 6.45) is 3.51. The van der Waals surface area contributed by atoms with Crippen LogP contribution in [0.5, 0.6) is 5.95 Å². The fourth-order valence-electron chi connectivity index (χ4n) is 9.69. The van der Waals surface area contributed by atoms with Gasteiger partial charge in [0.25, 0.3) is 5.95 Å². The monoisotopic (exact) mass is 628 g/mol. The van der Waals surface area contributed by atoms with Gasteiger partial charge in [-0.2, -0.15) is 0 Å². The number of benzene rings is 2. The number of rotatable bonds is 8. The summed E-state index contributed by atoms with van der Waals surface area (Å²) in [7, 11) is 0. The topological polar surface area (TPSA) is 103 Å². The van der Waals surface area contributed by atoms with Gasteiger partial charge in [0.1, 0.15) is 29.5 Å². The van der Waals surface area contributed by atoms with Crippen molar-refractivity contribution in [2.75, 3.05) is 12.2 Å². The molecule has 3 saturated heterocycles. The summed E-state index contributed by atoms with van der Waals surface area (Å²) in [6.45, 7) is 6.69. The second kappa shape index (κ2) is 9.32. The quantitative estimate of drug-likeness (QED) is 0.129. The average molecular weight is 629 g/mol. The molecule has 0 bridgehead atoms. The molecule has 45 heavy (non-hydrogen) atoms. The van der Waals surface area contributed by atoms with Crippen LogP contribution in [0.4, 0.5) is 0 Å². The van der Waals surface area contributed by atoms with Crippen molar-refractivity contribution in [3.63, 3.8) is 0 Å². The normalized spacial score (nSPS) is 39.4. The van der Waals surface area contributed by atoms with E-state index in [1.54, 1.807) is 48.2 Å². The molecule has 9 rings (SSSR count). The first kappa shape index (κ1) is 28.3. The summed E-state index contributed by atoms with van der Waals surface area (Å²) >= 11 is 1.65. The third-order valence-electron chi connectivity index (χ3n) is 11.8. The van der Waals surface area contributed by atoms with Gasteiger partial charge in [-0.25, -0.2) is 4.79 Å². The van der Waals surface area contributed by atoms with Gasteiger partial charge in [0.15, 0.2) is 11.4 Å². The minimum Gasteiger partial charge on any atom is -0.421 e. The molecule has 3 aliphatic heterocycles. The maximum Gasteiger partial charge on any atom is 0.345 e. The Bertz CT molecular complexity index is 1720. The second-order valence-corrected chi connectivity index (χ2v) is 14.8. The minimum atomic E-state index is -0.612. The largest absolute Gasteiger partial charge is 0.421 e. The first-order valence-electron chi connectivity index (χ1n) is 15.9. The lowest BCUT2D eigenvalue weighted by Gasteiger charge is -2.53. The molecule has 6 aliphatic rings. The molecule has 234 valence electrons. The predicted molar refractivity (Wildman–Crippen MR) is 165 cm³/mol. The minimum absolute atomic E-state index is 0.0611. The lowest BCUT2D eigenvalue weighted by atomic mass is 9.46. The van der Waals surface area contributed by atoms with E-state index in [1.165, 1.54) is 0 Å². The van der Waals surface area contributed by atoms with Gasteiger partial charge in [0, 0.05) is 22.1 Å². The van der Waals surface area contributed by atoms with E-state index in [1.807, 2.05) is 30.5 Å². The van der Waals surface area contributed by atoms with Gasteiger partial charge in [-0.05, 0) is 49.5 Å². The van der Waals surface area contributed by atoms with Crippen LogP contribution in [0.15, 0.2) is 65.1 Å². The van der Waals surface area contributed by atoms with Crippen molar-refractivity contribution < 1.29 is 37.7 Å². The van der Waals surface area contributed by atoms with Crippen LogP contribution in [0, 0.1) is 11.3 Å². The Hall–Kier alpha value is -2.95. The summed E-state index contributed by atoms with van der Waals surface area (Å²) in [5.41, 5.74) is 0.490. The smallest absolute Gasteiger partial charge is 0.345 e. The number of fused-ring (bicyclic) bond motifs is 5. The second-order valence-electron chi connectivity index (χ2n) is 13.9. The molecule has 5 fully saturated rings. The molecular weight excluding hydrogens is 592 g/mol. The van der Waals surface area contributed by atoms with Crippen molar-refractivity contribution in [1.29, 1.82) is 0 Å². The van der Waals surface area contributed by atoms with E-state index in [0.717, 1.165) is 17.5 Å². The van der Waals surface area contributed by atoms with Gasteiger partial charge >= 0.3 is 5.97 Å². The summed E-state index contributed by atoms with van der Waals surface area (Å²) in [4.78, 5) is 27.3. The molecule has 9 atom stereocenters. The highest BCUT2D eigenvalue weighted by atomic mass is 32.2. The van der Waals surface area contributed by atoms with Crippen molar-refractivity contribution in [3.05, 3.63) is 88.7 Å². The standard InChI is InChI=1S/C36H36O8S/c1-19(2)34-28(43-34)29-36(44-29)33(3)16-15-22-25(23(33)17-24-35(36,42-24)32(34)39-18-45-4)27(26(37)20-11-7-5-8-12-20)40-31(22)41-30(38)21-13-9-6-10-14-21/h5-14,19,23-24,28-29,32H,15-18H2,1-4H3/t23-,24-,28-,29-,32+,33-,34-,35+,36+/m0/s1. The summed E-state index contributed by atoms with van der Waals surface area (Å²) in [5.74, 6) is 0.258. The number of carbonyl (C=O) groups is 2. The number of ketones is 1. The lowest BCUT2D eigenvalue weighted by molar-refractivity contribution is -0.111. The Balaban J connectivity index is 1.16. The summed E-state index contributed by atoms with van der Waals surface area (Å²) in [6, 6.07) is 18.0. The fraction of sp³-hybridized carbons (Fsp3) is 0.500. The highest BCUT2D eigenvalue weighted by molar-refractivity contribution is 7.98. The molecule has 9 heteroatoms. The van der Waals surface area contributed by atoms with Crippen LogP contribution in [-0.2, 0) is 25.4 Å². The molecule has 8 nitrogen and oxygen atoms in total. The summed E-state index contributed by atoms with van der Waals surface area (Å²) < 4.78 is 39.3. The van der Waals surface area contributed by atoms with E-state index in [2.05, 4.69) is 20.8 Å². The van der Waals surface area contributed by atoms with E-state index in [9.17, 15) is 9.59 Å². The molecule has 0 N–H and O–H groups in total. The van der Waals surface area contributed by atoms with Gasteiger partial charge in [0.2, 0.25) is 5.78 Å². The van der Waals surface area contributed by atoms with Crippen LogP contribution in [0.3, 0.4) is 0 Å². The van der Waals surface area contributed by atoms with Crippen LogP contribution in [0.2, 0.25) is 0 Å². The summed E-state index contributed by atoms with van der Waals surface area (Å²) in [5, 5.41) is 0. The Morgan fingerprint density at radius 3 is 2.38 bits per heavy atom. The zero-order chi connectivity index (χ0) is 30.9. The van der Waals surface area contributed by atoms with Crippen molar-refractivity contribution in [1.82, 2.24) is 0 Å². The first-order chi connectivity index (χ1) is 21.7. The molecule has 2 saturated carbocycles. The molecule has 2 aromatic carbocycles. The highest BCUT2D eigenvalue weighted by Gasteiger charge is 3.00. The Morgan fingerprint density at radius 1 is 0.978 bits per heavy atom. The number of hydrogen-bond donors (Lipinski definition) is 0. The lowest BCUT2D eigenvalue weighted by Crippen LogP contribution is -2.69. The van der Waals surface area contributed by atoms with E-state index in [4.69, 9.17) is 28.1 Å². The Morgan fingerprint density at radius 2 is 1.69 bits per heavy atom. The van der Waals surface area contributed by atoms with Crippen LogP contribution in [-0.4, -0.2) is 65.2 Å². The van der Waals surface area contributed by atoms with E-state index >= 15 is 0 Å². The number of furan rings is 1. The molecule has 0 radical (unpaired) electrons. The number of hydrogen-bond acceptors (Lipinski definition) is 9. The fourth-order valence-corrected chi connectivity index (χ4v) is 9.96. The van der Waals surface area contributed by atoms with Crippen LogP contribution >= 0.6 is 11.8 Å². The number of ether oxygens (including phenoxy) is 5. The third kappa shape index (κ3) is 3.38. The van der Waals surface area contributed by atoms with E-state index < -0.39 is 28.2 Å². The van der Waals surface area contributed by atoms with Gasteiger partial charge in [-0.3, -0.25) is 4.79 Å². The molecule has 4 heterocycles. The van der Waals surface area contributed by atoms with E-state index in [-0.39, 0.29) is 53.7 Å². The molecule has 3 aliphatic carbocycles. The SMILES string of the molecule is CSCO[C@@H]1[C@@]2(C(C)C)O[C@H]2[C@@H]2O[C@]23[C@]12O[C@H]2C[C@H]1c2c(C(=O)c4ccccc4)oc(OC(=O)c4ccccc4)c2CC[C@@]13C. The van der Waals surface area contributed by atoms with Crippen LogP contribution in [0.25, 0.3) is 0 Å². The van der Waals surface area contributed by atoms with Crippen molar-refractivity contribution in [3.8, 4) is 5.95 Å². The predicted octanol–water partition coefficient (Wildman–Crippen LogP) is 5.96. The molecule has 0 amide bonds. The van der Waals surface area contributed by atoms with Gasteiger partial charge in [-0.1, -0.05) is 69.3 Å². The maximum atomic E-state index is 14.1. The average Bonchev–Trinajstić information content (AvgIpc) is 3.98. The molecule has 3 aromatic rings. The number of carbonyl (C=O) groups excluding carboxylic acids is 2. The maximum absolute atomic E-state index is 14.1. The van der Waals surface area contributed by atoms with Crippen LogP contribution in [0.1, 0.15) is 77.1 Å². The Kier molecular flexibility index (Phi) is 5.86. The number of epoxide rings is 3. The first-order valence-corrected chi connectivity index (χ1v) is 17.3. The van der Waals surface area contributed by atoms with Gasteiger partial charge < -0.3 is 28.1 Å². The molecule has 1 aromatic heterocycles.